The van der Waals surface area contributed by atoms with Crippen molar-refractivity contribution in [1.29, 1.82) is 0 Å². The van der Waals surface area contributed by atoms with Crippen LogP contribution in [-0.2, 0) is 4.79 Å². The number of nitrogens with zero attached hydrogens (tertiary/aromatic N) is 1. The molecule has 0 aromatic rings. The van der Waals surface area contributed by atoms with E-state index in [9.17, 15) is 4.79 Å². The van der Waals surface area contributed by atoms with Crippen LogP contribution in [0.3, 0.4) is 0 Å². The summed E-state index contributed by atoms with van der Waals surface area (Å²) in [6.07, 6.45) is 1.03. The SMILES string of the molecule is CC(=O)N(C)C(CC(C)(C)C)C(C)(C)C. The number of hydrogen-bond acceptors (Lipinski definition) is 1. The van der Waals surface area contributed by atoms with Crippen molar-refractivity contribution in [2.45, 2.75) is 60.9 Å². The lowest BCUT2D eigenvalue weighted by Gasteiger charge is -2.41. The van der Waals surface area contributed by atoms with Gasteiger partial charge >= 0.3 is 0 Å². The van der Waals surface area contributed by atoms with E-state index in [1.54, 1.807) is 6.92 Å². The average molecular weight is 213 g/mol. The molecule has 0 rings (SSSR count). The third-order valence-electron chi connectivity index (χ3n) is 2.77. The molecule has 0 aliphatic rings. The lowest BCUT2D eigenvalue weighted by atomic mass is 9.76. The minimum atomic E-state index is 0.133. The Labute approximate surface area is 95.0 Å². The molecule has 0 saturated heterocycles. The van der Waals surface area contributed by atoms with Crippen LogP contribution in [0.15, 0.2) is 0 Å². The fourth-order valence-electron chi connectivity index (χ4n) is 1.82. The predicted octanol–water partition coefficient (Wildman–Crippen LogP) is 3.32. The zero-order valence-corrected chi connectivity index (χ0v) is 11.6. The fraction of sp³-hybridized carbons (Fsp3) is 0.923. The summed E-state index contributed by atoms with van der Waals surface area (Å²) in [5, 5.41) is 0. The minimum Gasteiger partial charge on any atom is -0.342 e. The monoisotopic (exact) mass is 213 g/mol. The summed E-state index contributed by atoms with van der Waals surface area (Å²) < 4.78 is 0. The third kappa shape index (κ3) is 5.19. The van der Waals surface area contributed by atoms with Gasteiger partial charge in [-0.15, -0.1) is 0 Å². The zero-order chi connectivity index (χ0) is 12.4. The van der Waals surface area contributed by atoms with Crippen LogP contribution in [-0.4, -0.2) is 23.9 Å². The van der Waals surface area contributed by atoms with Crippen molar-refractivity contribution in [2.24, 2.45) is 10.8 Å². The van der Waals surface area contributed by atoms with Gasteiger partial charge in [-0.2, -0.15) is 0 Å². The summed E-state index contributed by atoms with van der Waals surface area (Å²) in [4.78, 5) is 13.3. The number of rotatable bonds is 2. The average Bonchev–Trinajstić information content (AvgIpc) is 1.94. The van der Waals surface area contributed by atoms with Crippen LogP contribution >= 0.6 is 0 Å². The topological polar surface area (TPSA) is 20.3 Å². The molecular weight excluding hydrogens is 186 g/mol. The van der Waals surface area contributed by atoms with Gasteiger partial charge in [-0.1, -0.05) is 41.5 Å². The van der Waals surface area contributed by atoms with Crippen LogP contribution in [0.4, 0.5) is 0 Å². The largest absolute Gasteiger partial charge is 0.342 e. The van der Waals surface area contributed by atoms with E-state index in [-0.39, 0.29) is 16.7 Å². The first-order valence-electron chi connectivity index (χ1n) is 5.68. The van der Waals surface area contributed by atoms with Crippen molar-refractivity contribution in [3.05, 3.63) is 0 Å². The maximum absolute atomic E-state index is 11.4. The van der Waals surface area contributed by atoms with Crippen molar-refractivity contribution in [3.63, 3.8) is 0 Å². The Bertz CT molecular complexity index is 220. The molecular formula is C13H27NO. The number of amides is 1. The van der Waals surface area contributed by atoms with E-state index in [4.69, 9.17) is 0 Å². The van der Waals surface area contributed by atoms with Crippen molar-refractivity contribution in [2.75, 3.05) is 7.05 Å². The third-order valence-corrected chi connectivity index (χ3v) is 2.77. The van der Waals surface area contributed by atoms with Gasteiger partial charge in [0.2, 0.25) is 5.91 Å². The number of hydrogen-bond donors (Lipinski definition) is 0. The van der Waals surface area contributed by atoms with E-state index in [1.807, 2.05) is 11.9 Å². The summed E-state index contributed by atoms with van der Waals surface area (Å²) in [7, 11) is 1.91. The quantitative estimate of drug-likeness (QED) is 0.689. The summed E-state index contributed by atoms with van der Waals surface area (Å²) in [6.45, 7) is 14.9. The van der Waals surface area contributed by atoms with Crippen molar-refractivity contribution in [1.82, 2.24) is 4.90 Å². The van der Waals surface area contributed by atoms with Gasteiger partial charge in [-0.25, -0.2) is 0 Å². The molecule has 1 amide bonds. The molecule has 1 unspecified atom stereocenters. The van der Waals surface area contributed by atoms with Gasteiger partial charge in [0.1, 0.15) is 0 Å². The number of carbonyl (C=O) groups excluding carboxylic acids is 1. The second-order valence-electron chi connectivity index (χ2n) is 6.78. The van der Waals surface area contributed by atoms with E-state index >= 15 is 0 Å². The van der Waals surface area contributed by atoms with Crippen molar-refractivity contribution in [3.8, 4) is 0 Å². The molecule has 15 heavy (non-hydrogen) atoms. The molecule has 0 aromatic heterocycles. The lowest BCUT2D eigenvalue weighted by Crippen LogP contribution is -2.46. The number of carbonyl (C=O) groups is 1. The highest BCUT2D eigenvalue weighted by Gasteiger charge is 2.33. The highest BCUT2D eigenvalue weighted by Crippen LogP contribution is 2.33. The van der Waals surface area contributed by atoms with Crippen LogP contribution in [0, 0.1) is 10.8 Å². The molecule has 0 heterocycles. The Morgan fingerprint density at radius 1 is 1.13 bits per heavy atom. The minimum absolute atomic E-state index is 0.133. The molecule has 0 saturated carbocycles. The van der Waals surface area contributed by atoms with Crippen LogP contribution in [0.2, 0.25) is 0 Å². The maximum atomic E-state index is 11.4. The molecule has 0 aromatic carbocycles. The molecule has 0 spiro atoms. The van der Waals surface area contributed by atoms with Crippen molar-refractivity contribution >= 4 is 5.91 Å². The van der Waals surface area contributed by atoms with Gasteiger partial charge in [-0.3, -0.25) is 4.79 Å². The summed E-state index contributed by atoms with van der Waals surface area (Å²) in [5.74, 6) is 0.152. The Balaban J connectivity index is 4.84. The fourth-order valence-corrected chi connectivity index (χ4v) is 1.82. The smallest absolute Gasteiger partial charge is 0.219 e. The molecule has 0 N–H and O–H groups in total. The van der Waals surface area contributed by atoms with Crippen molar-refractivity contribution < 1.29 is 4.79 Å². The summed E-state index contributed by atoms with van der Waals surface area (Å²) in [6, 6.07) is 0.301. The molecule has 0 aliphatic heterocycles. The lowest BCUT2D eigenvalue weighted by molar-refractivity contribution is -0.132. The zero-order valence-electron chi connectivity index (χ0n) is 11.6. The molecule has 0 aliphatic carbocycles. The highest BCUT2D eigenvalue weighted by molar-refractivity contribution is 5.73. The molecule has 2 heteroatoms. The molecule has 1 atom stereocenters. The van der Waals surface area contributed by atoms with Crippen LogP contribution < -0.4 is 0 Å². The van der Waals surface area contributed by atoms with Gasteiger partial charge in [0, 0.05) is 20.0 Å². The molecule has 2 nitrogen and oxygen atoms in total. The molecule has 0 radical (unpaired) electrons. The van der Waals surface area contributed by atoms with Crippen LogP contribution in [0.5, 0.6) is 0 Å². The van der Waals surface area contributed by atoms with Gasteiger partial charge < -0.3 is 4.90 Å². The van der Waals surface area contributed by atoms with E-state index < -0.39 is 0 Å². The van der Waals surface area contributed by atoms with Gasteiger partial charge in [0.15, 0.2) is 0 Å². The first-order valence-corrected chi connectivity index (χ1v) is 5.68. The van der Waals surface area contributed by atoms with Gasteiger partial charge in [0.05, 0.1) is 0 Å². The second-order valence-corrected chi connectivity index (χ2v) is 6.78. The molecule has 90 valence electrons. The van der Waals surface area contributed by atoms with E-state index in [1.165, 1.54) is 0 Å². The summed E-state index contributed by atoms with van der Waals surface area (Å²) in [5.41, 5.74) is 0.384. The summed E-state index contributed by atoms with van der Waals surface area (Å²) >= 11 is 0. The maximum Gasteiger partial charge on any atom is 0.219 e. The normalized spacial score (nSPS) is 14.9. The van der Waals surface area contributed by atoms with Crippen LogP contribution in [0.25, 0.3) is 0 Å². The Morgan fingerprint density at radius 2 is 1.53 bits per heavy atom. The molecule has 0 bridgehead atoms. The first kappa shape index (κ1) is 14.5. The standard InChI is InChI=1S/C13H27NO/c1-10(15)14(8)11(13(5,6)7)9-12(2,3)4/h11H,9H2,1-8H3. The Hall–Kier alpha value is -0.530. The van der Waals surface area contributed by atoms with E-state index in [0.717, 1.165) is 6.42 Å². The first-order chi connectivity index (χ1) is 6.45. The Kier molecular flexibility index (Phi) is 4.38. The molecule has 0 fully saturated rings. The van der Waals surface area contributed by atoms with Crippen LogP contribution in [0.1, 0.15) is 54.9 Å². The highest BCUT2D eigenvalue weighted by atomic mass is 16.2. The van der Waals surface area contributed by atoms with E-state index in [0.29, 0.717) is 6.04 Å². The predicted molar refractivity (Wildman–Crippen MR) is 65.8 cm³/mol. The second kappa shape index (κ2) is 4.54. The van der Waals surface area contributed by atoms with E-state index in [2.05, 4.69) is 41.5 Å². The Morgan fingerprint density at radius 3 is 1.73 bits per heavy atom. The van der Waals surface area contributed by atoms with Gasteiger partial charge in [0.25, 0.3) is 0 Å². The van der Waals surface area contributed by atoms with Gasteiger partial charge in [-0.05, 0) is 17.3 Å².